The zero-order valence-electron chi connectivity index (χ0n) is 10.6. The number of carbonyl (C=O) groups excluding carboxylic acids is 1. The molecule has 98 valence electrons. The summed E-state index contributed by atoms with van der Waals surface area (Å²) in [6.07, 6.45) is 0.802. The van der Waals surface area contributed by atoms with E-state index in [2.05, 4.69) is 20.8 Å². The van der Waals surface area contributed by atoms with Gasteiger partial charge in [-0.1, -0.05) is 35.0 Å². The second kappa shape index (κ2) is 6.34. The van der Waals surface area contributed by atoms with E-state index >= 15 is 0 Å². The molecule has 0 amide bonds. The minimum atomic E-state index is -0.0975. The maximum atomic E-state index is 12.3. The van der Waals surface area contributed by atoms with Crippen molar-refractivity contribution in [2.75, 3.05) is 31.2 Å². The minimum Gasteiger partial charge on any atom is -0.378 e. The Morgan fingerprint density at radius 3 is 2.72 bits per heavy atom. The molecule has 4 heteroatoms. The zero-order chi connectivity index (χ0) is 13.0. The third-order valence-corrected chi connectivity index (χ3v) is 4.23. The predicted molar refractivity (Wildman–Crippen MR) is 76.8 cm³/mol. The number of nitrogens with zero attached hydrogens (tertiary/aromatic N) is 1. The highest BCUT2D eigenvalue weighted by molar-refractivity contribution is 9.10. The summed E-state index contributed by atoms with van der Waals surface area (Å²) in [5.41, 5.74) is 1.84. The maximum absolute atomic E-state index is 12.3. The first-order valence-corrected chi connectivity index (χ1v) is 7.25. The number of alkyl halides is 1. The van der Waals surface area contributed by atoms with Crippen molar-refractivity contribution >= 4 is 27.4 Å². The lowest BCUT2D eigenvalue weighted by atomic mass is 10.0. The molecule has 1 heterocycles. The van der Waals surface area contributed by atoms with E-state index in [9.17, 15) is 4.79 Å². The van der Waals surface area contributed by atoms with Crippen LogP contribution >= 0.6 is 15.9 Å². The molecule has 0 saturated carbocycles. The molecule has 1 saturated heterocycles. The zero-order valence-corrected chi connectivity index (χ0v) is 12.1. The SMILES string of the molecule is CCC(Br)C(=O)c1ccccc1N1CCOCC1. The van der Waals surface area contributed by atoms with Crippen LogP contribution in [0.1, 0.15) is 23.7 Å². The fourth-order valence-corrected chi connectivity index (χ4v) is 2.36. The highest BCUT2D eigenvalue weighted by Crippen LogP contribution is 2.25. The lowest BCUT2D eigenvalue weighted by Gasteiger charge is -2.30. The molecule has 0 bridgehead atoms. The number of anilines is 1. The van der Waals surface area contributed by atoms with Crippen molar-refractivity contribution in [1.82, 2.24) is 0 Å². The van der Waals surface area contributed by atoms with Gasteiger partial charge in [0.25, 0.3) is 0 Å². The number of hydrogen-bond acceptors (Lipinski definition) is 3. The molecule has 0 radical (unpaired) electrons. The molecule has 1 aliphatic rings. The van der Waals surface area contributed by atoms with Crippen LogP contribution in [0.2, 0.25) is 0 Å². The number of ketones is 1. The first-order valence-electron chi connectivity index (χ1n) is 6.34. The summed E-state index contributed by atoms with van der Waals surface area (Å²) in [5, 5.41) is 0. The Labute approximate surface area is 116 Å². The van der Waals surface area contributed by atoms with Crippen molar-refractivity contribution in [3.05, 3.63) is 29.8 Å². The van der Waals surface area contributed by atoms with Crippen LogP contribution in [0.3, 0.4) is 0 Å². The number of carbonyl (C=O) groups is 1. The Kier molecular flexibility index (Phi) is 4.78. The lowest BCUT2D eigenvalue weighted by molar-refractivity contribution is 0.0988. The van der Waals surface area contributed by atoms with Gasteiger partial charge in [0.15, 0.2) is 5.78 Å². The van der Waals surface area contributed by atoms with Gasteiger partial charge in [0.1, 0.15) is 0 Å². The first-order chi connectivity index (χ1) is 8.74. The van der Waals surface area contributed by atoms with Gasteiger partial charge in [-0.15, -0.1) is 0 Å². The van der Waals surface area contributed by atoms with Gasteiger partial charge in [-0.2, -0.15) is 0 Å². The molecule has 0 N–H and O–H groups in total. The Hall–Kier alpha value is -0.870. The summed E-state index contributed by atoms with van der Waals surface area (Å²) in [5.74, 6) is 0.166. The van der Waals surface area contributed by atoms with Crippen LogP contribution in [-0.2, 0) is 4.74 Å². The predicted octanol–water partition coefficient (Wildman–Crippen LogP) is 2.88. The Morgan fingerprint density at radius 1 is 1.39 bits per heavy atom. The molecule has 1 atom stereocenters. The Morgan fingerprint density at radius 2 is 2.06 bits per heavy atom. The lowest BCUT2D eigenvalue weighted by Crippen LogP contribution is -2.37. The van der Waals surface area contributed by atoms with E-state index in [0.717, 1.165) is 44.0 Å². The molecule has 0 spiro atoms. The molecule has 1 unspecified atom stereocenters. The van der Waals surface area contributed by atoms with Crippen LogP contribution in [0.25, 0.3) is 0 Å². The van der Waals surface area contributed by atoms with Crippen molar-refractivity contribution in [2.45, 2.75) is 18.2 Å². The van der Waals surface area contributed by atoms with Gasteiger partial charge < -0.3 is 9.64 Å². The second-order valence-corrected chi connectivity index (χ2v) is 5.46. The van der Waals surface area contributed by atoms with E-state index in [-0.39, 0.29) is 10.6 Å². The fraction of sp³-hybridized carbons (Fsp3) is 0.500. The van der Waals surface area contributed by atoms with Gasteiger partial charge in [0, 0.05) is 24.3 Å². The van der Waals surface area contributed by atoms with Gasteiger partial charge in [0.05, 0.1) is 18.0 Å². The largest absolute Gasteiger partial charge is 0.378 e. The number of Topliss-reactive ketones (excluding diaryl/α,β-unsaturated/α-hetero) is 1. The summed E-state index contributed by atoms with van der Waals surface area (Å²) in [7, 11) is 0. The molecule has 1 fully saturated rings. The summed E-state index contributed by atoms with van der Waals surface area (Å²) < 4.78 is 5.35. The van der Waals surface area contributed by atoms with Gasteiger partial charge in [-0.05, 0) is 18.6 Å². The van der Waals surface area contributed by atoms with Crippen molar-refractivity contribution in [3.63, 3.8) is 0 Å². The highest BCUT2D eigenvalue weighted by Gasteiger charge is 2.21. The molecule has 18 heavy (non-hydrogen) atoms. The highest BCUT2D eigenvalue weighted by atomic mass is 79.9. The molecular formula is C14H18BrNO2. The van der Waals surface area contributed by atoms with Crippen LogP contribution in [0, 0.1) is 0 Å². The van der Waals surface area contributed by atoms with Crippen LogP contribution in [0.4, 0.5) is 5.69 Å². The van der Waals surface area contributed by atoms with Crippen LogP contribution in [0.15, 0.2) is 24.3 Å². The smallest absolute Gasteiger partial charge is 0.178 e. The van der Waals surface area contributed by atoms with Gasteiger partial charge in [0.2, 0.25) is 0 Å². The number of halogens is 1. The first kappa shape index (κ1) is 13.6. The molecule has 3 nitrogen and oxygen atoms in total. The molecule has 0 aliphatic carbocycles. The average molecular weight is 312 g/mol. The maximum Gasteiger partial charge on any atom is 0.178 e. The molecule has 2 rings (SSSR count). The number of ether oxygens (including phenoxy) is 1. The topological polar surface area (TPSA) is 29.5 Å². The van der Waals surface area contributed by atoms with Gasteiger partial charge in [-0.3, -0.25) is 4.79 Å². The van der Waals surface area contributed by atoms with Crippen LogP contribution in [-0.4, -0.2) is 36.9 Å². The van der Waals surface area contributed by atoms with Crippen molar-refractivity contribution in [1.29, 1.82) is 0 Å². The normalized spacial score (nSPS) is 17.6. The third kappa shape index (κ3) is 2.93. The van der Waals surface area contributed by atoms with Crippen molar-refractivity contribution < 1.29 is 9.53 Å². The van der Waals surface area contributed by atoms with Crippen LogP contribution in [0.5, 0.6) is 0 Å². The van der Waals surface area contributed by atoms with Gasteiger partial charge >= 0.3 is 0 Å². The van der Waals surface area contributed by atoms with E-state index in [1.807, 2.05) is 31.2 Å². The van der Waals surface area contributed by atoms with E-state index < -0.39 is 0 Å². The van der Waals surface area contributed by atoms with Gasteiger partial charge in [-0.25, -0.2) is 0 Å². The molecular weight excluding hydrogens is 294 g/mol. The summed E-state index contributed by atoms with van der Waals surface area (Å²) in [6.45, 7) is 5.17. The molecule has 1 aliphatic heterocycles. The number of para-hydroxylation sites is 1. The van der Waals surface area contributed by atoms with E-state index in [0.29, 0.717) is 0 Å². The fourth-order valence-electron chi connectivity index (χ4n) is 2.12. The van der Waals surface area contributed by atoms with Crippen molar-refractivity contribution in [2.24, 2.45) is 0 Å². The minimum absolute atomic E-state index is 0.0975. The summed E-state index contributed by atoms with van der Waals surface area (Å²) in [4.78, 5) is 14.5. The van der Waals surface area contributed by atoms with E-state index in [4.69, 9.17) is 4.74 Å². The Balaban J connectivity index is 2.27. The summed E-state index contributed by atoms with van der Waals surface area (Å²) >= 11 is 3.44. The standard InChI is InChI=1S/C14H18BrNO2/c1-2-12(15)14(17)11-5-3-4-6-13(11)16-7-9-18-10-8-16/h3-6,12H,2,7-10H2,1H3. The molecule has 1 aromatic rings. The average Bonchev–Trinajstić information content (AvgIpc) is 2.46. The number of morpholine rings is 1. The summed E-state index contributed by atoms with van der Waals surface area (Å²) in [6, 6.07) is 7.84. The number of benzene rings is 1. The third-order valence-electron chi connectivity index (χ3n) is 3.16. The van der Waals surface area contributed by atoms with Crippen LogP contribution < -0.4 is 4.90 Å². The molecule has 1 aromatic carbocycles. The monoisotopic (exact) mass is 311 g/mol. The van der Waals surface area contributed by atoms with E-state index in [1.54, 1.807) is 0 Å². The number of rotatable bonds is 4. The Bertz CT molecular complexity index is 416. The quantitative estimate of drug-likeness (QED) is 0.632. The molecule has 0 aromatic heterocycles. The van der Waals surface area contributed by atoms with E-state index in [1.165, 1.54) is 0 Å². The van der Waals surface area contributed by atoms with Crippen molar-refractivity contribution in [3.8, 4) is 0 Å². The number of hydrogen-bond donors (Lipinski definition) is 0. The second-order valence-electron chi connectivity index (χ2n) is 4.36.